The van der Waals surface area contributed by atoms with Crippen LogP contribution in [0.3, 0.4) is 0 Å². The molecule has 0 aliphatic carbocycles. The first kappa shape index (κ1) is 13.3. The van der Waals surface area contributed by atoms with E-state index >= 15 is 0 Å². The molecule has 0 aliphatic rings. The van der Waals surface area contributed by atoms with E-state index in [1.807, 2.05) is 6.07 Å². The lowest BCUT2D eigenvalue weighted by Gasteiger charge is -2.09. The summed E-state index contributed by atoms with van der Waals surface area (Å²) in [5.41, 5.74) is 6.19. The van der Waals surface area contributed by atoms with Gasteiger partial charge in [-0.3, -0.25) is 0 Å². The van der Waals surface area contributed by atoms with Crippen molar-refractivity contribution >= 4 is 5.69 Å². The summed E-state index contributed by atoms with van der Waals surface area (Å²) < 4.78 is 37.3. The predicted octanol–water partition coefficient (Wildman–Crippen LogP) is 3.49. The van der Waals surface area contributed by atoms with Crippen molar-refractivity contribution in [3.8, 4) is 11.5 Å². The SMILES string of the molecule is COCc1cccc(Oc2c(F)cc(N)cc2F)c1. The van der Waals surface area contributed by atoms with Crippen molar-refractivity contribution in [2.75, 3.05) is 12.8 Å². The zero-order chi connectivity index (χ0) is 13.8. The largest absolute Gasteiger partial charge is 0.451 e. The number of anilines is 1. The lowest BCUT2D eigenvalue weighted by Crippen LogP contribution is -1.96. The van der Waals surface area contributed by atoms with Crippen LogP contribution < -0.4 is 10.5 Å². The highest BCUT2D eigenvalue weighted by Gasteiger charge is 2.13. The number of ether oxygens (including phenoxy) is 2. The molecule has 0 spiro atoms. The molecule has 0 aliphatic heterocycles. The van der Waals surface area contributed by atoms with Gasteiger partial charge < -0.3 is 15.2 Å². The van der Waals surface area contributed by atoms with Gasteiger partial charge in [-0.15, -0.1) is 0 Å². The summed E-state index contributed by atoms with van der Waals surface area (Å²) in [6.45, 7) is 0.393. The van der Waals surface area contributed by atoms with E-state index in [0.717, 1.165) is 17.7 Å². The Labute approximate surface area is 109 Å². The first-order chi connectivity index (χ1) is 9.10. The zero-order valence-electron chi connectivity index (χ0n) is 10.3. The van der Waals surface area contributed by atoms with Crippen molar-refractivity contribution in [3.63, 3.8) is 0 Å². The van der Waals surface area contributed by atoms with Gasteiger partial charge in [-0.05, 0) is 17.7 Å². The lowest BCUT2D eigenvalue weighted by molar-refractivity contribution is 0.184. The van der Waals surface area contributed by atoms with Crippen molar-refractivity contribution in [2.45, 2.75) is 6.61 Å². The molecule has 0 atom stereocenters. The molecule has 0 unspecified atom stereocenters. The van der Waals surface area contributed by atoms with Crippen LogP contribution in [-0.4, -0.2) is 7.11 Å². The second kappa shape index (κ2) is 5.67. The molecule has 2 N–H and O–H groups in total. The van der Waals surface area contributed by atoms with E-state index in [-0.39, 0.29) is 5.69 Å². The molecule has 2 aromatic carbocycles. The number of rotatable bonds is 4. The Morgan fingerprint density at radius 2 is 1.79 bits per heavy atom. The average Bonchev–Trinajstić information content (AvgIpc) is 2.35. The first-order valence-corrected chi connectivity index (χ1v) is 5.60. The van der Waals surface area contributed by atoms with Crippen LogP contribution in [0.2, 0.25) is 0 Å². The Kier molecular flexibility index (Phi) is 3.97. The van der Waals surface area contributed by atoms with Crippen LogP contribution in [-0.2, 0) is 11.3 Å². The topological polar surface area (TPSA) is 44.5 Å². The minimum Gasteiger partial charge on any atom is -0.451 e. The Hall–Kier alpha value is -2.14. The molecule has 0 radical (unpaired) electrons. The third-order valence-corrected chi connectivity index (χ3v) is 2.45. The maximum Gasteiger partial charge on any atom is 0.198 e. The van der Waals surface area contributed by atoms with Crippen LogP contribution in [0.1, 0.15) is 5.56 Å². The third kappa shape index (κ3) is 3.20. The fraction of sp³-hybridized carbons (Fsp3) is 0.143. The average molecular weight is 265 g/mol. The molecule has 5 heteroatoms. The molecule has 100 valence electrons. The number of halogens is 2. The second-order valence-corrected chi connectivity index (χ2v) is 4.00. The molecule has 0 heterocycles. The van der Waals surface area contributed by atoms with E-state index < -0.39 is 17.4 Å². The van der Waals surface area contributed by atoms with Crippen molar-refractivity contribution in [1.29, 1.82) is 0 Å². The summed E-state index contributed by atoms with van der Waals surface area (Å²) in [6.07, 6.45) is 0. The summed E-state index contributed by atoms with van der Waals surface area (Å²) in [5.74, 6) is -1.81. The van der Waals surface area contributed by atoms with Crippen LogP contribution >= 0.6 is 0 Å². The minimum atomic E-state index is -0.838. The van der Waals surface area contributed by atoms with Crippen LogP contribution in [0.4, 0.5) is 14.5 Å². The summed E-state index contributed by atoms with van der Waals surface area (Å²) in [4.78, 5) is 0. The normalized spacial score (nSPS) is 10.5. The van der Waals surface area contributed by atoms with E-state index in [1.54, 1.807) is 25.3 Å². The monoisotopic (exact) mass is 265 g/mol. The highest BCUT2D eigenvalue weighted by Crippen LogP contribution is 2.29. The Morgan fingerprint density at radius 3 is 2.42 bits per heavy atom. The van der Waals surface area contributed by atoms with E-state index in [0.29, 0.717) is 12.4 Å². The Balaban J connectivity index is 2.28. The number of methoxy groups -OCH3 is 1. The molecule has 0 saturated carbocycles. The van der Waals surface area contributed by atoms with Gasteiger partial charge in [-0.2, -0.15) is 0 Å². The third-order valence-electron chi connectivity index (χ3n) is 2.45. The Morgan fingerprint density at radius 1 is 1.11 bits per heavy atom. The van der Waals surface area contributed by atoms with Crippen LogP contribution in [0.5, 0.6) is 11.5 Å². The summed E-state index contributed by atoms with van der Waals surface area (Å²) >= 11 is 0. The van der Waals surface area contributed by atoms with Crippen LogP contribution in [0.25, 0.3) is 0 Å². The fourth-order valence-electron chi connectivity index (χ4n) is 1.66. The van der Waals surface area contributed by atoms with Gasteiger partial charge >= 0.3 is 0 Å². The molecular formula is C14H13F2NO2. The van der Waals surface area contributed by atoms with Gasteiger partial charge in [-0.1, -0.05) is 12.1 Å². The molecule has 0 fully saturated rings. The van der Waals surface area contributed by atoms with Gasteiger partial charge in [0.05, 0.1) is 6.61 Å². The Bertz CT molecular complexity index is 564. The van der Waals surface area contributed by atoms with E-state index in [9.17, 15) is 8.78 Å². The van der Waals surface area contributed by atoms with Crippen LogP contribution in [0.15, 0.2) is 36.4 Å². The molecular weight excluding hydrogens is 252 g/mol. The smallest absolute Gasteiger partial charge is 0.198 e. The van der Waals surface area contributed by atoms with Gasteiger partial charge in [0.2, 0.25) is 0 Å². The molecule has 2 aromatic rings. The van der Waals surface area contributed by atoms with Crippen molar-refractivity contribution < 1.29 is 18.3 Å². The first-order valence-electron chi connectivity index (χ1n) is 5.60. The predicted molar refractivity (Wildman–Crippen MR) is 68.0 cm³/mol. The van der Waals surface area contributed by atoms with Crippen molar-refractivity contribution in [3.05, 3.63) is 53.6 Å². The van der Waals surface area contributed by atoms with Crippen LogP contribution in [0, 0.1) is 11.6 Å². The van der Waals surface area contributed by atoms with Gasteiger partial charge in [0.1, 0.15) is 5.75 Å². The number of benzene rings is 2. The molecule has 0 aromatic heterocycles. The number of nitrogens with two attached hydrogens (primary N) is 1. The molecule has 0 bridgehead atoms. The van der Waals surface area contributed by atoms with Gasteiger partial charge in [0, 0.05) is 24.9 Å². The lowest BCUT2D eigenvalue weighted by atomic mass is 10.2. The van der Waals surface area contributed by atoms with Crippen molar-refractivity contribution in [2.24, 2.45) is 0 Å². The number of hydrogen-bond donors (Lipinski definition) is 1. The minimum absolute atomic E-state index is 0.00971. The quantitative estimate of drug-likeness (QED) is 0.861. The maximum atomic E-state index is 13.6. The van der Waals surface area contributed by atoms with E-state index in [4.69, 9.17) is 15.2 Å². The maximum absolute atomic E-state index is 13.6. The zero-order valence-corrected chi connectivity index (χ0v) is 10.3. The molecule has 19 heavy (non-hydrogen) atoms. The summed E-state index contributed by atoms with van der Waals surface area (Å²) in [6, 6.07) is 8.82. The van der Waals surface area contributed by atoms with Crippen molar-refractivity contribution in [1.82, 2.24) is 0 Å². The second-order valence-electron chi connectivity index (χ2n) is 4.00. The molecule has 2 rings (SSSR count). The molecule has 0 saturated heterocycles. The van der Waals surface area contributed by atoms with Gasteiger partial charge in [0.15, 0.2) is 17.4 Å². The standard InChI is InChI=1S/C14H13F2NO2/c1-18-8-9-3-2-4-11(5-9)19-14-12(15)6-10(17)7-13(14)16/h2-7H,8,17H2,1H3. The van der Waals surface area contributed by atoms with E-state index in [1.165, 1.54) is 0 Å². The fourth-order valence-corrected chi connectivity index (χ4v) is 1.66. The summed E-state index contributed by atoms with van der Waals surface area (Å²) in [7, 11) is 1.56. The highest BCUT2D eigenvalue weighted by atomic mass is 19.1. The molecule has 3 nitrogen and oxygen atoms in total. The summed E-state index contributed by atoms with van der Waals surface area (Å²) in [5, 5.41) is 0. The number of nitrogen functional groups attached to an aromatic ring is 1. The van der Waals surface area contributed by atoms with Gasteiger partial charge in [-0.25, -0.2) is 8.78 Å². The molecule has 0 amide bonds. The van der Waals surface area contributed by atoms with Gasteiger partial charge in [0.25, 0.3) is 0 Å². The highest BCUT2D eigenvalue weighted by molar-refractivity contribution is 5.45. The number of hydrogen-bond acceptors (Lipinski definition) is 3. The van der Waals surface area contributed by atoms with E-state index in [2.05, 4.69) is 0 Å².